The Morgan fingerprint density at radius 3 is 2.39 bits per heavy atom. The molecule has 1 fully saturated rings. The summed E-state index contributed by atoms with van der Waals surface area (Å²) in [5.74, 6) is -0.950. The summed E-state index contributed by atoms with van der Waals surface area (Å²) >= 11 is 0. The molecule has 2 amide bonds. The largest absolute Gasteiger partial charge is 0.467 e. The van der Waals surface area contributed by atoms with Crippen LogP contribution in [0.2, 0.25) is 0 Å². The number of aliphatic hydroxyl groups excluding tert-OH is 1. The standard InChI is InChI=1S/C32H42N6O6/c1-31(2,33)29(41)35-24(20-44-19-22-12-7-5-8-13-22)27(39)36-26-18-37(21-34-26)32(3,23-14-9-6-10-15-23)30(42)38-17-11-16-25(38)28(40)43-4/h5-10,12-15,18,21,24-25,27,36,39H,11,16-17,19-20,33H2,1-4H3,(H,35,41)/t24-,25+,27?,32?/m1/s1. The highest BCUT2D eigenvalue weighted by molar-refractivity contribution is 5.92. The van der Waals surface area contributed by atoms with E-state index >= 15 is 0 Å². The van der Waals surface area contributed by atoms with Crippen molar-refractivity contribution < 1.29 is 29.0 Å². The molecule has 12 nitrogen and oxygen atoms in total. The maximum absolute atomic E-state index is 14.2. The molecule has 2 heterocycles. The molecule has 1 saturated heterocycles. The van der Waals surface area contributed by atoms with E-state index < -0.39 is 41.3 Å². The van der Waals surface area contributed by atoms with Crippen molar-refractivity contribution in [3.63, 3.8) is 0 Å². The number of benzene rings is 2. The van der Waals surface area contributed by atoms with Crippen molar-refractivity contribution in [2.75, 3.05) is 25.6 Å². The second-order valence-corrected chi connectivity index (χ2v) is 11.7. The van der Waals surface area contributed by atoms with Crippen LogP contribution >= 0.6 is 0 Å². The van der Waals surface area contributed by atoms with Crippen LogP contribution in [0.15, 0.2) is 73.2 Å². The SMILES string of the molecule is COC(=O)[C@@H]1CCCN1C(=O)C(C)(c1ccccc1)n1cnc(NC(O)[C@@H](COCc2ccccc2)NC(=O)C(C)(C)N)c1. The monoisotopic (exact) mass is 606 g/mol. The molecule has 2 aromatic carbocycles. The fraction of sp³-hybridized carbons (Fsp3) is 0.438. The fourth-order valence-corrected chi connectivity index (χ4v) is 5.15. The lowest BCUT2D eigenvalue weighted by atomic mass is 9.89. The first kappa shape index (κ1) is 32.6. The Bertz CT molecular complexity index is 1410. The minimum atomic E-state index is -1.32. The first-order chi connectivity index (χ1) is 20.9. The minimum absolute atomic E-state index is 0.0182. The van der Waals surface area contributed by atoms with Crippen LogP contribution in [0.3, 0.4) is 0 Å². The second-order valence-electron chi connectivity index (χ2n) is 11.7. The number of rotatable bonds is 13. The zero-order valence-corrected chi connectivity index (χ0v) is 25.6. The van der Waals surface area contributed by atoms with Gasteiger partial charge in [0, 0.05) is 12.7 Å². The Labute approximate surface area is 257 Å². The van der Waals surface area contributed by atoms with Crippen LogP contribution < -0.4 is 16.4 Å². The molecule has 4 atom stereocenters. The van der Waals surface area contributed by atoms with Gasteiger partial charge in [-0.05, 0) is 44.7 Å². The van der Waals surface area contributed by atoms with E-state index in [1.165, 1.54) is 13.4 Å². The van der Waals surface area contributed by atoms with Gasteiger partial charge in [-0.1, -0.05) is 60.7 Å². The summed E-state index contributed by atoms with van der Waals surface area (Å²) < 4.78 is 12.4. The van der Waals surface area contributed by atoms with Gasteiger partial charge in [0.15, 0.2) is 0 Å². The average Bonchev–Trinajstić information content (AvgIpc) is 3.70. The molecule has 0 radical (unpaired) electrons. The Kier molecular flexibility index (Phi) is 10.4. The van der Waals surface area contributed by atoms with E-state index in [4.69, 9.17) is 15.2 Å². The molecule has 0 bridgehead atoms. The molecule has 5 N–H and O–H groups in total. The van der Waals surface area contributed by atoms with Crippen molar-refractivity contribution in [1.29, 1.82) is 0 Å². The molecule has 4 rings (SSSR count). The van der Waals surface area contributed by atoms with Crippen LogP contribution in [0.1, 0.15) is 44.7 Å². The van der Waals surface area contributed by atoms with Crippen molar-refractivity contribution in [3.05, 3.63) is 84.3 Å². The quantitative estimate of drug-likeness (QED) is 0.168. The number of aromatic nitrogens is 2. The molecule has 0 spiro atoms. The first-order valence-electron chi connectivity index (χ1n) is 14.6. The van der Waals surface area contributed by atoms with E-state index in [1.807, 2.05) is 60.7 Å². The number of ether oxygens (including phenoxy) is 2. The Morgan fingerprint density at radius 2 is 1.75 bits per heavy atom. The molecule has 0 aliphatic carbocycles. The highest BCUT2D eigenvalue weighted by Gasteiger charge is 2.46. The number of amides is 2. The van der Waals surface area contributed by atoms with Gasteiger partial charge in [0.1, 0.15) is 23.6 Å². The summed E-state index contributed by atoms with van der Waals surface area (Å²) in [5.41, 5.74) is 5.16. The van der Waals surface area contributed by atoms with Crippen molar-refractivity contribution in [3.8, 4) is 0 Å². The van der Waals surface area contributed by atoms with Crippen LogP contribution in [0.4, 0.5) is 5.82 Å². The normalized spacial score (nSPS) is 17.8. The Balaban J connectivity index is 1.57. The summed E-state index contributed by atoms with van der Waals surface area (Å²) in [6, 6.07) is 17.2. The number of nitrogens with one attached hydrogen (secondary N) is 2. The molecule has 236 valence electrons. The summed E-state index contributed by atoms with van der Waals surface area (Å²) in [6.45, 7) is 5.58. The molecule has 44 heavy (non-hydrogen) atoms. The van der Waals surface area contributed by atoms with E-state index in [0.717, 1.165) is 5.56 Å². The average molecular weight is 607 g/mol. The van der Waals surface area contributed by atoms with E-state index in [1.54, 1.807) is 36.4 Å². The number of likely N-dealkylation sites (tertiary alicyclic amines) is 1. The molecule has 1 aromatic heterocycles. The number of carbonyl (C=O) groups excluding carboxylic acids is 3. The lowest BCUT2D eigenvalue weighted by Gasteiger charge is -2.36. The predicted molar refractivity (Wildman–Crippen MR) is 164 cm³/mol. The number of nitrogens with zero attached hydrogens (tertiary/aromatic N) is 3. The van der Waals surface area contributed by atoms with Crippen LogP contribution in [-0.4, -0.2) is 81.5 Å². The van der Waals surface area contributed by atoms with Gasteiger partial charge in [-0.2, -0.15) is 0 Å². The molecular formula is C32H42N6O6. The van der Waals surface area contributed by atoms with Crippen molar-refractivity contribution >= 4 is 23.6 Å². The topological polar surface area (TPSA) is 161 Å². The maximum atomic E-state index is 14.2. The van der Waals surface area contributed by atoms with E-state index in [2.05, 4.69) is 15.6 Å². The highest BCUT2D eigenvalue weighted by atomic mass is 16.5. The number of nitrogens with two attached hydrogens (primary N) is 1. The third-order valence-electron chi connectivity index (χ3n) is 7.83. The van der Waals surface area contributed by atoms with E-state index in [-0.39, 0.29) is 24.9 Å². The van der Waals surface area contributed by atoms with E-state index in [0.29, 0.717) is 24.9 Å². The van der Waals surface area contributed by atoms with Gasteiger partial charge in [0.05, 0.1) is 38.2 Å². The smallest absolute Gasteiger partial charge is 0.328 e. The van der Waals surface area contributed by atoms with Crippen LogP contribution in [0.5, 0.6) is 0 Å². The van der Waals surface area contributed by atoms with Gasteiger partial charge >= 0.3 is 5.97 Å². The van der Waals surface area contributed by atoms with Gasteiger partial charge in [-0.25, -0.2) is 9.78 Å². The number of hydrogen-bond donors (Lipinski definition) is 4. The third-order valence-corrected chi connectivity index (χ3v) is 7.83. The lowest BCUT2D eigenvalue weighted by molar-refractivity contribution is -0.153. The van der Waals surface area contributed by atoms with Crippen molar-refractivity contribution in [2.24, 2.45) is 5.73 Å². The number of methoxy groups -OCH3 is 1. The van der Waals surface area contributed by atoms with Crippen LogP contribution in [0.25, 0.3) is 0 Å². The van der Waals surface area contributed by atoms with Crippen LogP contribution in [-0.2, 0) is 36.0 Å². The second kappa shape index (κ2) is 14.0. The number of aliphatic hydroxyl groups is 1. The number of carbonyl (C=O) groups is 3. The number of anilines is 1. The molecular weight excluding hydrogens is 564 g/mol. The van der Waals surface area contributed by atoms with Crippen molar-refractivity contribution in [1.82, 2.24) is 19.8 Å². The number of esters is 1. The highest BCUT2D eigenvalue weighted by Crippen LogP contribution is 2.33. The van der Waals surface area contributed by atoms with Gasteiger partial charge in [0.25, 0.3) is 5.91 Å². The minimum Gasteiger partial charge on any atom is -0.467 e. The predicted octanol–water partition coefficient (Wildman–Crippen LogP) is 1.98. The summed E-state index contributed by atoms with van der Waals surface area (Å²) in [7, 11) is 1.32. The van der Waals surface area contributed by atoms with Gasteiger partial charge in [0.2, 0.25) is 5.91 Å². The molecule has 1 aliphatic heterocycles. The maximum Gasteiger partial charge on any atom is 0.328 e. The number of hydrogen-bond acceptors (Lipinski definition) is 9. The van der Waals surface area contributed by atoms with Crippen molar-refractivity contribution in [2.45, 2.75) is 69.6 Å². The zero-order valence-electron chi connectivity index (χ0n) is 25.6. The van der Waals surface area contributed by atoms with Gasteiger partial charge in [-0.3, -0.25) is 9.59 Å². The summed E-state index contributed by atoms with van der Waals surface area (Å²) in [5, 5.41) is 16.9. The lowest BCUT2D eigenvalue weighted by Crippen LogP contribution is -2.57. The Hall–Kier alpha value is -4.26. The molecule has 12 heteroatoms. The fourth-order valence-electron chi connectivity index (χ4n) is 5.15. The van der Waals surface area contributed by atoms with E-state index in [9.17, 15) is 19.5 Å². The molecule has 1 aliphatic rings. The number of imidazole rings is 1. The molecule has 0 saturated carbocycles. The molecule has 2 unspecified atom stereocenters. The third kappa shape index (κ3) is 7.44. The van der Waals surface area contributed by atoms with Gasteiger partial charge < -0.3 is 40.4 Å². The van der Waals surface area contributed by atoms with Crippen LogP contribution in [0, 0.1) is 0 Å². The molecule has 3 aromatic rings. The summed E-state index contributed by atoms with van der Waals surface area (Å²) in [6.07, 6.45) is 2.98. The summed E-state index contributed by atoms with van der Waals surface area (Å²) in [4.78, 5) is 45.4. The first-order valence-corrected chi connectivity index (χ1v) is 14.6. The van der Waals surface area contributed by atoms with Gasteiger partial charge in [-0.15, -0.1) is 0 Å². The Morgan fingerprint density at radius 1 is 1.09 bits per heavy atom. The zero-order chi connectivity index (χ0) is 31.9.